The van der Waals surface area contributed by atoms with Crippen molar-refractivity contribution >= 4 is 71.6 Å². The molecule has 0 bridgehead atoms. The first kappa shape index (κ1) is 91.6. The van der Waals surface area contributed by atoms with Gasteiger partial charge in [0, 0.05) is 106 Å². The molecule has 21 atom stereocenters. The number of hydrogen-bond donors (Lipinski definition) is 2. The highest BCUT2D eigenvalue weighted by molar-refractivity contribution is 5.97. The van der Waals surface area contributed by atoms with Gasteiger partial charge in [-0.15, -0.1) is 0 Å². The summed E-state index contributed by atoms with van der Waals surface area (Å²) >= 11 is 0. The minimum atomic E-state index is -0.843. The van der Waals surface area contributed by atoms with Gasteiger partial charge in [0.1, 0.15) is 36.6 Å². The molecule has 0 aromatic heterocycles. The van der Waals surface area contributed by atoms with Crippen LogP contribution in [0.2, 0.25) is 0 Å². The third-order valence-electron chi connectivity index (χ3n) is 28.9. The Balaban J connectivity index is 0.000000108. The summed E-state index contributed by atoms with van der Waals surface area (Å²) in [5, 5.41) is 21.2. The van der Waals surface area contributed by atoms with Crippen LogP contribution in [0.3, 0.4) is 0 Å². The summed E-state index contributed by atoms with van der Waals surface area (Å²) in [5.74, 6) is -4.75. The van der Waals surface area contributed by atoms with Gasteiger partial charge in [0.2, 0.25) is 0 Å². The van der Waals surface area contributed by atoms with Crippen LogP contribution < -0.4 is 0 Å². The topological polar surface area (TPSA) is 411 Å². The third kappa shape index (κ3) is 17.9. The van der Waals surface area contributed by atoms with Gasteiger partial charge in [0.15, 0.2) is 0 Å². The summed E-state index contributed by atoms with van der Waals surface area (Å²) in [6.45, 7) is 19.0. The van der Waals surface area contributed by atoms with Crippen LogP contribution in [0.15, 0.2) is 222 Å². The second-order valence-electron chi connectivity index (χ2n) is 38.5. The highest BCUT2D eigenvalue weighted by Crippen LogP contribution is 2.59. The molecular formula is C102H106O32. The van der Waals surface area contributed by atoms with Gasteiger partial charge in [0.25, 0.3) is 37.7 Å². The fraction of sp³-hybridized carbons (Fsp3) is 0.490. The number of hydrogen-bond acceptors (Lipinski definition) is 32. The van der Waals surface area contributed by atoms with Gasteiger partial charge in [-0.1, -0.05) is 82.2 Å². The Labute approximate surface area is 771 Å². The third-order valence-corrected chi connectivity index (χ3v) is 28.9. The summed E-state index contributed by atoms with van der Waals surface area (Å²) in [6.07, 6.45) is 32.1. The maximum absolute atomic E-state index is 12.3. The molecule has 32 nitrogen and oxygen atoms in total. The van der Waals surface area contributed by atoms with Crippen molar-refractivity contribution in [2.24, 2.45) is 52.3 Å². The van der Waals surface area contributed by atoms with E-state index < -0.39 is 97.8 Å². The Morgan fingerprint density at radius 2 is 0.813 bits per heavy atom. The molecule has 0 radical (unpaired) electrons. The number of cyclic esters (lactones) is 6. The Hall–Kier alpha value is -12.8. The molecule has 134 heavy (non-hydrogen) atoms. The van der Waals surface area contributed by atoms with Gasteiger partial charge in [-0.3, -0.25) is 0 Å². The fourth-order valence-corrected chi connectivity index (χ4v) is 22.1. The number of allylic oxidation sites excluding steroid dienone is 2. The SMILES string of the molecule is CC1=CC(O/C=C2/C(=O)O[C@@H]3C4=C(CCCC4(C)C)[C@@H](O)[C@H]23)OC1=O.CC1=CC(O/C=C2/C(=O)O[C@@H]3C4=C(CCCC4)C[C@H]23)OC1=O.CC1=CC(O/C=C2/C(=O)O[C@@H]3C4=C(CCC[C@@H]4C)C[C@H]23)OC1=O.CC1=CC(O/C=C2/C(=O)O[C@@H]3C4=C(C[C@H]23)[C@@H](O)CCC4(C)C)OC1=O.CC1=CC(O/C=C2/C(=O)O[C@@H]3c4ccccc4C[C@H]23)OC1=O.O=C1C=CC(O/C=C2/C(=O)O[C@@H]3CC=C[C@H]23)O1. The van der Waals surface area contributed by atoms with Crippen molar-refractivity contribution in [3.05, 3.63) is 234 Å². The molecule has 23 rings (SSSR count). The van der Waals surface area contributed by atoms with Crippen LogP contribution >= 0.6 is 0 Å². The lowest BCUT2D eigenvalue weighted by molar-refractivity contribution is -0.153. The van der Waals surface area contributed by atoms with Crippen LogP contribution in [0.1, 0.15) is 189 Å². The fourth-order valence-electron chi connectivity index (χ4n) is 22.1. The van der Waals surface area contributed by atoms with Crippen LogP contribution in [0, 0.1) is 52.3 Å². The maximum Gasteiger partial charge on any atom is 0.338 e. The van der Waals surface area contributed by atoms with E-state index in [1.165, 1.54) is 96.8 Å². The molecule has 6 unspecified atom stereocenters. The second kappa shape index (κ2) is 36.9. The Morgan fingerprint density at radius 1 is 0.381 bits per heavy atom. The van der Waals surface area contributed by atoms with Crippen molar-refractivity contribution in [1.29, 1.82) is 0 Å². The number of esters is 12. The Bertz CT molecular complexity index is 5750. The van der Waals surface area contributed by atoms with E-state index >= 15 is 0 Å². The molecule has 22 aliphatic rings. The zero-order valence-corrected chi connectivity index (χ0v) is 75.8. The second-order valence-corrected chi connectivity index (χ2v) is 38.5. The molecule has 10 aliphatic carbocycles. The largest absolute Gasteiger partial charge is 0.458 e. The number of fused-ring (bicyclic) bond motifs is 12. The molecule has 2 N–H and O–H groups in total. The van der Waals surface area contributed by atoms with Crippen molar-refractivity contribution in [3.8, 4) is 0 Å². The number of rotatable bonds is 12. The standard InChI is InChI=1S/2C19H22O6.C18H20O5.C17H18O5.C17H14O5.C12H10O5/c1-9-6-14(24-17(9)21)23-8-12-10-7-11-13(20)4-5-19(2,3)15(11)16(10)25-18(12)22;1-9-7-12(24-17(9)21)23-8-11-13-15(20)10-5-4-6-19(2,3)14(10)16(13)25-18(11)22;1-9-4-3-5-11-7-12-13(18(20)23-16(12)15(9)11)8-21-14-6-10(2)17(19)22-14;2*1-9-6-14(21-16(9)18)20-8-13-12-7-10-4-2-3-5-11(10)15(12)22-17(13)19;13-10-4-5-11(17-10)15-6-8-7-2-1-3-9(7)16-12(8)14/h6,8,10,13-14,16,20H,4-5,7H2,1-3H3;7-8,12-13,15-16,20H,4-6H2,1-3H3;6,8-9,12,14,16H,3-5,7H2,1-2H3;6,8,12,14-15H,2-5,7H2,1H3;2-6,8,12,14-15H,7H2,1H3;1-2,4-7,9,11H,3H2/b12-8+;11-8+;3*13-8+;8-6+/t10-,13+,14?,16+;12?,13-,15+,16-;9-,12+,14?,16-;2*12-,14?,15-;7-,9-,11?/m100111/s1. The molecule has 6 saturated heterocycles. The van der Waals surface area contributed by atoms with E-state index in [1.54, 1.807) is 65.0 Å². The summed E-state index contributed by atoms with van der Waals surface area (Å²) < 4.78 is 95.4. The normalized spacial score (nSPS) is 35.9. The molecule has 6 fully saturated rings. The lowest BCUT2D eigenvalue weighted by atomic mass is 9.71. The maximum atomic E-state index is 12.3. The zero-order valence-electron chi connectivity index (χ0n) is 75.8. The lowest BCUT2D eigenvalue weighted by Gasteiger charge is -2.36. The highest BCUT2D eigenvalue weighted by Gasteiger charge is 2.59. The molecule has 1 aromatic carbocycles. The average molecular weight is 1840 g/mol. The van der Waals surface area contributed by atoms with Crippen molar-refractivity contribution in [3.63, 3.8) is 0 Å². The van der Waals surface area contributed by atoms with Gasteiger partial charge in [0.05, 0.1) is 89.1 Å². The quantitative estimate of drug-likeness (QED) is 0.0645. The van der Waals surface area contributed by atoms with Crippen LogP contribution in [-0.2, 0) is 149 Å². The minimum absolute atomic E-state index is 0.0351. The van der Waals surface area contributed by atoms with Gasteiger partial charge < -0.3 is 95.5 Å². The van der Waals surface area contributed by atoms with Gasteiger partial charge in [-0.05, 0) is 199 Å². The summed E-state index contributed by atoms with van der Waals surface area (Å²) in [7, 11) is 0. The van der Waals surface area contributed by atoms with Crippen molar-refractivity contribution < 1.29 is 153 Å². The number of benzene rings is 1. The molecule has 12 heterocycles. The first-order valence-electron chi connectivity index (χ1n) is 45.9. The van der Waals surface area contributed by atoms with E-state index in [4.69, 9.17) is 85.3 Å². The van der Waals surface area contributed by atoms with Crippen LogP contribution in [0.5, 0.6) is 0 Å². The smallest absolute Gasteiger partial charge is 0.338 e. The molecule has 32 heteroatoms. The first-order chi connectivity index (χ1) is 64.1. The number of aliphatic hydroxyl groups excluding tert-OH is 2. The molecular weight excluding hydrogens is 1740 g/mol. The summed E-state index contributed by atoms with van der Waals surface area (Å²) in [4.78, 5) is 140. The number of aliphatic hydroxyl groups is 2. The average Bonchev–Trinajstić information content (AvgIpc) is 1.57. The number of ether oxygens (including phenoxy) is 18. The summed E-state index contributed by atoms with van der Waals surface area (Å²) in [5.41, 5.74) is 17.1. The molecule has 0 saturated carbocycles. The van der Waals surface area contributed by atoms with Crippen molar-refractivity contribution in [2.75, 3.05) is 0 Å². The van der Waals surface area contributed by atoms with Crippen LogP contribution in [-0.4, -0.2) is 162 Å². The van der Waals surface area contributed by atoms with Gasteiger partial charge in [-0.25, -0.2) is 57.5 Å². The molecule has 1 aromatic rings. The van der Waals surface area contributed by atoms with E-state index in [9.17, 15) is 67.7 Å². The molecule has 0 amide bonds. The molecule has 0 spiro atoms. The van der Waals surface area contributed by atoms with E-state index in [1.807, 2.05) is 36.4 Å². The highest BCUT2D eigenvalue weighted by atomic mass is 16.7. The van der Waals surface area contributed by atoms with E-state index in [0.29, 0.717) is 73.6 Å². The lowest BCUT2D eigenvalue weighted by Crippen LogP contribution is -2.31. The molecule has 706 valence electrons. The molecule has 12 aliphatic heterocycles. The van der Waals surface area contributed by atoms with Crippen LogP contribution in [0.4, 0.5) is 0 Å². The predicted octanol–water partition coefficient (Wildman–Crippen LogP) is 12.6. The Morgan fingerprint density at radius 3 is 1.36 bits per heavy atom. The minimum Gasteiger partial charge on any atom is -0.458 e. The van der Waals surface area contributed by atoms with Crippen molar-refractivity contribution in [1.82, 2.24) is 0 Å². The van der Waals surface area contributed by atoms with Crippen LogP contribution in [0.25, 0.3) is 0 Å². The van der Waals surface area contributed by atoms with E-state index in [-0.39, 0.29) is 107 Å². The van der Waals surface area contributed by atoms with E-state index in [2.05, 4.69) is 34.6 Å². The van der Waals surface area contributed by atoms with Crippen molar-refractivity contribution in [2.45, 2.75) is 265 Å². The number of carbonyl (C=O) groups excluding carboxylic acids is 12. The Kier molecular flexibility index (Phi) is 25.2. The summed E-state index contributed by atoms with van der Waals surface area (Å²) in [6, 6.07) is 7.96. The number of carbonyl (C=O) groups is 12. The monoisotopic (exact) mass is 1840 g/mol. The first-order valence-corrected chi connectivity index (χ1v) is 45.9. The van der Waals surface area contributed by atoms with Gasteiger partial charge in [-0.2, -0.15) is 0 Å². The zero-order chi connectivity index (χ0) is 94.4. The van der Waals surface area contributed by atoms with Gasteiger partial charge >= 0.3 is 71.6 Å². The van der Waals surface area contributed by atoms with E-state index in [0.717, 1.165) is 111 Å². The predicted molar refractivity (Wildman–Crippen MR) is 461 cm³/mol.